The van der Waals surface area contributed by atoms with E-state index < -0.39 is 47.2 Å². The van der Waals surface area contributed by atoms with Crippen LogP contribution < -0.4 is 5.32 Å². The second-order valence-corrected chi connectivity index (χ2v) is 8.67. The molecule has 3 rings (SSSR count). The Morgan fingerprint density at radius 2 is 1.60 bits per heavy atom. The molecular weight excluding hydrogens is 501 g/mol. The van der Waals surface area contributed by atoms with Crippen molar-refractivity contribution in [3.05, 3.63) is 70.0 Å². The van der Waals surface area contributed by atoms with E-state index >= 15 is 0 Å². The number of aryl methyl sites for hydroxylation is 1. The minimum atomic E-state index is -4.97. The Balaban J connectivity index is 0.00000432. The lowest BCUT2D eigenvalue weighted by Crippen LogP contribution is -2.44. The first kappa shape index (κ1) is 28.9. The molecule has 0 aromatic heterocycles. The number of rotatable bonds is 4. The molecule has 3 nitrogen and oxygen atoms in total. The highest BCUT2D eigenvalue weighted by Crippen LogP contribution is 2.39. The Morgan fingerprint density at radius 1 is 1.03 bits per heavy atom. The highest BCUT2D eigenvalue weighted by atomic mass is 35.5. The fourth-order valence-electron chi connectivity index (χ4n) is 4.43. The molecule has 1 N–H and O–H groups in total. The number of hydrogen-bond acceptors (Lipinski definition) is 2. The van der Waals surface area contributed by atoms with Crippen LogP contribution >= 0.6 is 12.4 Å². The van der Waals surface area contributed by atoms with Gasteiger partial charge in [0, 0.05) is 25.4 Å². The number of benzene rings is 2. The fraction of sp³-hybridized carbons (Fsp3) is 0.458. The van der Waals surface area contributed by atoms with E-state index in [4.69, 9.17) is 0 Å². The van der Waals surface area contributed by atoms with Crippen molar-refractivity contribution in [1.29, 1.82) is 0 Å². The summed E-state index contributed by atoms with van der Waals surface area (Å²) in [5.74, 6) is -1.69. The lowest BCUT2D eigenvalue weighted by molar-refractivity contribution is -0.143. The van der Waals surface area contributed by atoms with Gasteiger partial charge in [-0.2, -0.15) is 26.3 Å². The monoisotopic (exact) mass is 526 g/mol. The number of halogens is 8. The summed E-state index contributed by atoms with van der Waals surface area (Å²) in [7, 11) is 1.37. The van der Waals surface area contributed by atoms with Gasteiger partial charge >= 0.3 is 12.4 Å². The van der Waals surface area contributed by atoms with Gasteiger partial charge in [-0.25, -0.2) is 4.39 Å². The lowest BCUT2D eigenvalue weighted by Gasteiger charge is -2.37. The van der Waals surface area contributed by atoms with Gasteiger partial charge in [0.05, 0.1) is 17.2 Å². The normalized spacial score (nSPS) is 19.6. The van der Waals surface area contributed by atoms with Crippen LogP contribution in [0.15, 0.2) is 36.4 Å². The maximum absolute atomic E-state index is 13.6. The first-order valence-electron chi connectivity index (χ1n) is 10.7. The van der Waals surface area contributed by atoms with Crippen molar-refractivity contribution < 1.29 is 35.5 Å². The van der Waals surface area contributed by atoms with E-state index in [-0.39, 0.29) is 30.0 Å². The SMILES string of the molecule is Cc1cc(F)ccc1[C@H]1CNCC[C@@H]1C(=O)N(C)[C@@H](C)c1cc(C(F)(F)F)cc(C(F)(F)F)c1.Cl. The zero-order chi connectivity index (χ0) is 25.4. The van der Waals surface area contributed by atoms with E-state index in [2.05, 4.69) is 5.32 Å². The van der Waals surface area contributed by atoms with Gasteiger partial charge in [0.15, 0.2) is 0 Å². The van der Waals surface area contributed by atoms with Crippen molar-refractivity contribution in [3.8, 4) is 0 Å². The molecule has 0 unspecified atom stereocenters. The minimum Gasteiger partial charge on any atom is -0.339 e. The van der Waals surface area contributed by atoms with Gasteiger partial charge in [-0.05, 0) is 73.8 Å². The number of nitrogens with one attached hydrogen (secondary N) is 1. The van der Waals surface area contributed by atoms with Crippen LogP contribution in [0.2, 0.25) is 0 Å². The van der Waals surface area contributed by atoms with Gasteiger partial charge in [-0.3, -0.25) is 4.79 Å². The van der Waals surface area contributed by atoms with Gasteiger partial charge < -0.3 is 10.2 Å². The van der Waals surface area contributed by atoms with Crippen molar-refractivity contribution in [3.63, 3.8) is 0 Å². The summed E-state index contributed by atoms with van der Waals surface area (Å²) >= 11 is 0. The number of carbonyl (C=O) groups is 1. The van der Waals surface area contributed by atoms with Crippen LogP contribution in [0.4, 0.5) is 30.7 Å². The van der Waals surface area contributed by atoms with Gasteiger partial charge in [-0.15, -0.1) is 12.4 Å². The molecule has 3 atom stereocenters. The van der Waals surface area contributed by atoms with E-state index in [1.807, 2.05) is 0 Å². The van der Waals surface area contributed by atoms with Crippen molar-refractivity contribution >= 4 is 18.3 Å². The Labute approximate surface area is 205 Å². The van der Waals surface area contributed by atoms with E-state index in [1.165, 1.54) is 31.0 Å². The predicted molar refractivity (Wildman–Crippen MR) is 120 cm³/mol. The molecule has 0 saturated carbocycles. The Kier molecular flexibility index (Phi) is 8.87. The van der Waals surface area contributed by atoms with Gasteiger partial charge in [-0.1, -0.05) is 6.07 Å². The van der Waals surface area contributed by atoms with E-state index in [0.29, 0.717) is 37.2 Å². The molecule has 0 bridgehead atoms. The molecule has 1 amide bonds. The largest absolute Gasteiger partial charge is 0.416 e. The number of nitrogens with zero attached hydrogens (tertiary/aromatic N) is 1. The molecule has 1 heterocycles. The maximum atomic E-state index is 13.6. The lowest BCUT2D eigenvalue weighted by atomic mass is 9.79. The summed E-state index contributed by atoms with van der Waals surface area (Å²) in [4.78, 5) is 14.6. The molecular formula is C24H26ClF7N2O. The quantitative estimate of drug-likeness (QED) is 0.461. The highest BCUT2D eigenvalue weighted by molar-refractivity contribution is 5.85. The number of carbonyl (C=O) groups excluding carboxylic acids is 1. The molecule has 194 valence electrons. The van der Waals surface area contributed by atoms with Crippen LogP contribution in [0.1, 0.15) is 53.1 Å². The van der Waals surface area contributed by atoms with Crippen molar-refractivity contribution in [2.45, 2.75) is 44.6 Å². The zero-order valence-electron chi connectivity index (χ0n) is 19.2. The Bertz CT molecular complexity index is 1020. The Hall–Kier alpha value is -2.33. The van der Waals surface area contributed by atoms with Crippen LogP contribution in [0.5, 0.6) is 0 Å². The van der Waals surface area contributed by atoms with E-state index in [1.54, 1.807) is 13.0 Å². The first-order chi connectivity index (χ1) is 15.7. The van der Waals surface area contributed by atoms with Crippen LogP contribution in [-0.4, -0.2) is 30.9 Å². The third-order valence-corrected chi connectivity index (χ3v) is 6.45. The second-order valence-electron chi connectivity index (χ2n) is 8.67. The molecule has 0 spiro atoms. The summed E-state index contributed by atoms with van der Waals surface area (Å²) in [5, 5.41) is 3.19. The molecule has 0 aliphatic carbocycles. The molecule has 11 heteroatoms. The van der Waals surface area contributed by atoms with E-state index in [0.717, 1.165) is 5.56 Å². The zero-order valence-corrected chi connectivity index (χ0v) is 20.0. The number of hydrogen-bond donors (Lipinski definition) is 1. The predicted octanol–water partition coefficient (Wildman–Crippen LogP) is 6.51. The fourth-order valence-corrected chi connectivity index (χ4v) is 4.43. The topological polar surface area (TPSA) is 32.3 Å². The number of alkyl halides is 6. The molecule has 35 heavy (non-hydrogen) atoms. The van der Waals surface area contributed by atoms with Crippen LogP contribution in [0.25, 0.3) is 0 Å². The second kappa shape index (κ2) is 10.7. The smallest absolute Gasteiger partial charge is 0.339 e. The Morgan fingerprint density at radius 3 is 2.11 bits per heavy atom. The average molecular weight is 527 g/mol. The van der Waals surface area contributed by atoms with Crippen molar-refractivity contribution in [1.82, 2.24) is 10.2 Å². The third kappa shape index (κ3) is 6.46. The van der Waals surface area contributed by atoms with Crippen molar-refractivity contribution in [2.75, 3.05) is 20.1 Å². The number of piperidine rings is 1. The number of amides is 1. The van der Waals surface area contributed by atoms with E-state index in [9.17, 15) is 35.5 Å². The summed E-state index contributed by atoms with van der Waals surface area (Å²) in [6.45, 7) is 4.08. The van der Waals surface area contributed by atoms with Crippen molar-refractivity contribution in [2.24, 2.45) is 5.92 Å². The molecule has 2 aromatic carbocycles. The third-order valence-electron chi connectivity index (χ3n) is 6.45. The van der Waals surface area contributed by atoms with Crippen LogP contribution in [0, 0.1) is 18.7 Å². The molecule has 1 saturated heterocycles. The maximum Gasteiger partial charge on any atom is 0.416 e. The molecule has 1 fully saturated rings. The minimum absolute atomic E-state index is 0. The molecule has 0 radical (unpaired) electrons. The molecule has 1 aliphatic heterocycles. The summed E-state index contributed by atoms with van der Waals surface area (Å²) < 4.78 is 93.2. The van der Waals surface area contributed by atoms with Gasteiger partial charge in [0.1, 0.15) is 5.82 Å². The summed E-state index contributed by atoms with van der Waals surface area (Å²) in [6.07, 6.45) is -9.52. The summed E-state index contributed by atoms with van der Waals surface area (Å²) in [6, 6.07) is 4.58. The van der Waals surface area contributed by atoms with Gasteiger partial charge in [0.25, 0.3) is 0 Å². The first-order valence-corrected chi connectivity index (χ1v) is 10.7. The average Bonchev–Trinajstić information content (AvgIpc) is 2.76. The summed E-state index contributed by atoms with van der Waals surface area (Å²) in [5.41, 5.74) is -1.68. The van der Waals surface area contributed by atoms with Gasteiger partial charge in [0.2, 0.25) is 5.91 Å². The molecule has 1 aliphatic rings. The molecule has 2 aromatic rings. The van der Waals surface area contributed by atoms with Crippen LogP contribution in [-0.2, 0) is 17.1 Å². The standard InChI is InChI=1S/C24H25F7N2O.ClH/c1-13-8-18(25)4-5-19(13)21-12-32-7-6-20(21)22(34)33(3)14(2)15-9-16(23(26,27)28)11-17(10-15)24(29,30)31;/h4-5,8-11,14,20-21,32H,6-7,12H2,1-3H3;1H/t14-,20-,21+;/m0./s1. The highest BCUT2D eigenvalue weighted by Gasteiger charge is 2.39. The van der Waals surface area contributed by atoms with Crippen LogP contribution in [0.3, 0.4) is 0 Å².